The Morgan fingerprint density at radius 2 is 2.00 bits per heavy atom. The molecule has 4 nitrogen and oxygen atoms in total. The largest absolute Gasteiger partial charge is 0.460 e. The van der Waals surface area contributed by atoms with Gasteiger partial charge in [-0.15, -0.1) is 11.8 Å². The van der Waals surface area contributed by atoms with Crippen molar-refractivity contribution in [2.24, 2.45) is 5.92 Å². The Kier molecular flexibility index (Phi) is 5.76. The van der Waals surface area contributed by atoms with Crippen molar-refractivity contribution in [2.75, 3.05) is 13.1 Å². The van der Waals surface area contributed by atoms with Gasteiger partial charge in [-0.1, -0.05) is 48.6 Å². The van der Waals surface area contributed by atoms with Crippen LogP contribution in [0.1, 0.15) is 18.4 Å². The van der Waals surface area contributed by atoms with Crippen LogP contribution in [0.3, 0.4) is 0 Å². The van der Waals surface area contributed by atoms with Crippen molar-refractivity contribution in [1.82, 2.24) is 5.32 Å². The predicted octanol–water partition coefficient (Wildman–Crippen LogP) is 2.65. The summed E-state index contributed by atoms with van der Waals surface area (Å²) in [5, 5.41) is 14.7. The van der Waals surface area contributed by atoms with Crippen molar-refractivity contribution < 1.29 is 14.6 Å². The molecule has 0 amide bonds. The van der Waals surface area contributed by atoms with Gasteiger partial charge in [-0.05, 0) is 37.6 Å². The molecule has 0 radical (unpaired) electrons. The Morgan fingerprint density at radius 1 is 1.25 bits per heavy atom. The van der Waals surface area contributed by atoms with Crippen LogP contribution in [-0.4, -0.2) is 34.3 Å². The Morgan fingerprint density at radius 3 is 2.75 bits per heavy atom. The van der Waals surface area contributed by atoms with Crippen LogP contribution >= 0.6 is 11.8 Å². The fourth-order valence-corrected chi connectivity index (χ4v) is 4.45. The number of esters is 1. The van der Waals surface area contributed by atoms with Gasteiger partial charge >= 0.3 is 5.97 Å². The van der Waals surface area contributed by atoms with Crippen LogP contribution in [-0.2, 0) is 16.1 Å². The highest BCUT2D eigenvalue weighted by atomic mass is 32.2. The van der Waals surface area contributed by atoms with E-state index in [0.717, 1.165) is 31.5 Å². The van der Waals surface area contributed by atoms with Gasteiger partial charge in [0.2, 0.25) is 0 Å². The molecule has 1 heterocycles. The molecule has 1 aromatic rings. The summed E-state index contributed by atoms with van der Waals surface area (Å²) in [5.74, 6) is -1.06. The minimum absolute atomic E-state index is 0.224. The molecule has 1 aliphatic carbocycles. The van der Waals surface area contributed by atoms with E-state index in [1.807, 2.05) is 30.3 Å². The fraction of sp³-hybridized carbons (Fsp3) is 0.421. The second-order valence-electron chi connectivity index (χ2n) is 6.13. The first-order valence-electron chi connectivity index (χ1n) is 8.35. The summed E-state index contributed by atoms with van der Waals surface area (Å²) >= 11 is 1.48. The fourth-order valence-electron chi connectivity index (χ4n) is 2.97. The summed E-state index contributed by atoms with van der Waals surface area (Å²) < 4.78 is 5.44. The lowest BCUT2D eigenvalue weighted by Gasteiger charge is -2.35. The summed E-state index contributed by atoms with van der Waals surface area (Å²) in [6.07, 6.45) is 9.04. The van der Waals surface area contributed by atoms with E-state index >= 15 is 0 Å². The molecule has 0 bridgehead atoms. The molecule has 2 aliphatic rings. The molecule has 0 spiro atoms. The Labute approximate surface area is 147 Å². The number of ether oxygens (including phenoxy) is 1. The molecule has 24 heavy (non-hydrogen) atoms. The molecule has 2 N–H and O–H groups in total. The minimum Gasteiger partial charge on any atom is -0.460 e. The topological polar surface area (TPSA) is 58.6 Å². The maximum Gasteiger partial charge on any atom is 0.317 e. The Bertz CT molecular complexity index is 610. The molecule has 1 saturated heterocycles. The highest BCUT2D eigenvalue weighted by Crippen LogP contribution is 2.41. The standard InChI is InChI=1S/C19H23NO3S/c21-18(23-14-15-6-2-1-3-7-15)17-8-4-5-11-19(17,22)24-16-9-12-20-13-10-16/h1-8,11,16-17,20,22H,9-10,12-14H2. The zero-order valence-corrected chi connectivity index (χ0v) is 14.4. The number of hydrogen-bond acceptors (Lipinski definition) is 5. The zero-order chi connectivity index (χ0) is 16.8. The second-order valence-corrected chi connectivity index (χ2v) is 7.69. The second kappa shape index (κ2) is 8.01. The van der Waals surface area contributed by atoms with Gasteiger partial charge in [0.05, 0.1) is 0 Å². The van der Waals surface area contributed by atoms with E-state index in [1.54, 1.807) is 24.3 Å². The predicted molar refractivity (Wildman–Crippen MR) is 96.4 cm³/mol. The number of rotatable bonds is 5. The summed E-state index contributed by atoms with van der Waals surface area (Å²) in [6, 6.07) is 9.58. The number of aliphatic hydroxyl groups is 1. The van der Waals surface area contributed by atoms with Gasteiger partial charge in [0, 0.05) is 5.25 Å². The lowest BCUT2D eigenvalue weighted by Crippen LogP contribution is -2.42. The zero-order valence-electron chi connectivity index (χ0n) is 13.6. The van der Waals surface area contributed by atoms with Crippen molar-refractivity contribution in [3.8, 4) is 0 Å². The van der Waals surface area contributed by atoms with E-state index in [9.17, 15) is 9.90 Å². The average molecular weight is 345 g/mol. The van der Waals surface area contributed by atoms with E-state index in [2.05, 4.69) is 5.32 Å². The third-order valence-corrected chi connectivity index (χ3v) is 5.89. The number of piperidine rings is 1. The molecule has 2 atom stereocenters. The van der Waals surface area contributed by atoms with Gasteiger partial charge in [-0.2, -0.15) is 0 Å². The van der Waals surface area contributed by atoms with E-state index in [1.165, 1.54) is 11.8 Å². The first kappa shape index (κ1) is 17.3. The molecule has 0 aromatic heterocycles. The van der Waals surface area contributed by atoms with Crippen molar-refractivity contribution in [3.63, 3.8) is 0 Å². The van der Waals surface area contributed by atoms with Gasteiger partial charge < -0.3 is 15.2 Å². The number of benzene rings is 1. The molecule has 5 heteroatoms. The van der Waals surface area contributed by atoms with E-state index in [0.29, 0.717) is 5.25 Å². The van der Waals surface area contributed by atoms with E-state index < -0.39 is 10.9 Å². The van der Waals surface area contributed by atoms with E-state index in [-0.39, 0.29) is 12.6 Å². The van der Waals surface area contributed by atoms with Crippen LogP contribution in [0.5, 0.6) is 0 Å². The number of hydrogen-bond donors (Lipinski definition) is 2. The van der Waals surface area contributed by atoms with Crippen molar-refractivity contribution >= 4 is 17.7 Å². The first-order valence-corrected chi connectivity index (χ1v) is 9.23. The van der Waals surface area contributed by atoms with Gasteiger partial charge in [0.1, 0.15) is 17.5 Å². The first-order chi connectivity index (χ1) is 11.7. The van der Waals surface area contributed by atoms with Crippen LogP contribution in [0.4, 0.5) is 0 Å². The highest BCUT2D eigenvalue weighted by molar-refractivity contribution is 8.01. The molecule has 3 rings (SSSR count). The van der Waals surface area contributed by atoms with E-state index in [4.69, 9.17) is 4.74 Å². The third-order valence-electron chi connectivity index (χ3n) is 4.31. The Hall–Kier alpha value is -1.56. The minimum atomic E-state index is -1.23. The maximum absolute atomic E-state index is 12.5. The summed E-state index contributed by atoms with van der Waals surface area (Å²) in [6.45, 7) is 2.13. The lowest BCUT2D eigenvalue weighted by molar-refractivity contribution is -0.151. The normalized spacial score (nSPS) is 27.1. The molecule has 1 aliphatic heterocycles. The molecule has 1 fully saturated rings. The van der Waals surface area contributed by atoms with Gasteiger partial charge in [0.15, 0.2) is 0 Å². The van der Waals surface area contributed by atoms with Crippen LogP contribution < -0.4 is 5.32 Å². The van der Waals surface area contributed by atoms with Gasteiger partial charge in [-0.3, -0.25) is 4.79 Å². The smallest absolute Gasteiger partial charge is 0.317 e. The molecule has 128 valence electrons. The van der Waals surface area contributed by atoms with Gasteiger partial charge in [0.25, 0.3) is 0 Å². The molecule has 0 saturated carbocycles. The molecular formula is C19H23NO3S. The van der Waals surface area contributed by atoms with Crippen LogP contribution in [0.2, 0.25) is 0 Å². The third kappa shape index (κ3) is 4.29. The summed E-state index contributed by atoms with van der Waals surface area (Å²) in [4.78, 5) is 11.3. The van der Waals surface area contributed by atoms with Crippen LogP contribution in [0.25, 0.3) is 0 Å². The number of carbonyl (C=O) groups excluding carboxylic acids is 1. The summed E-state index contributed by atoms with van der Waals surface area (Å²) in [7, 11) is 0. The number of thioether (sulfide) groups is 1. The number of allylic oxidation sites excluding steroid dienone is 2. The molecular weight excluding hydrogens is 322 g/mol. The van der Waals surface area contributed by atoms with Crippen molar-refractivity contribution in [2.45, 2.75) is 29.6 Å². The Balaban J connectivity index is 1.63. The number of carbonyl (C=O) groups is 1. The average Bonchev–Trinajstić information content (AvgIpc) is 2.61. The SMILES string of the molecule is O=C(OCc1ccccc1)C1C=CC=CC1(O)SC1CCNCC1. The molecule has 1 aromatic carbocycles. The van der Waals surface area contributed by atoms with Crippen LogP contribution in [0, 0.1) is 5.92 Å². The molecule has 2 unspecified atom stereocenters. The number of nitrogens with one attached hydrogen (secondary N) is 1. The monoisotopic (exact) mass is 345 g/mol. The van der Waals surface area contributed by atoms with Gasteiger partial charge in [-0.25, -0.2) is 0 Å². The van der Waals surface area contributed by atoms with Crippen molar-refractivity contribution in [3.05, 3.63) is 60.2 Å². The lowest BCUT2D eigenvalue weighted by atomic mass is 9.97. The maximum atomic E-state index is 12.5. The van der Waals surface area contributed by atoms with Crippen molar-refractivity contribution in [1.29, 1.82) is 0 Å². The quantitative estimate of drug-likeness (QED) is 0.635. The highest BCUT2D eigenvalue weighted by Gasteiger charge is 2.42. The van der Waals surface area contributed by atoms with Crippen LogP contribution in [0.15, 0.2) is 54.6 Å². The summed E-state index contributed by atoms with van der Waals surface area (Å²) in [5.41, 5.74) is 0.940.